The molecule has 1 atom stereocenters. The van der Waals surface area contributed by atoms with Crippen LogP contribution in [0.25, 0.3) is 0 Å². The lowest BCUT2D eigenvalue weighted by molar-refractivity contribution is -0.139. The lowest BCUT2D eigenvalue weighted by Gasteiger charge is -2.32. The molecule has 0 fully saturated rings. The van der Waals surface area contributed by atoms with E-state index in [4.69, 9.17) is 4.74 Å². The molecule has 0 saturated heterocycles. The fourth-order valence-electron chi connectivity index (χ4n) is 2.00. The summed E-state index contributed by atoms with van der Waals surface area (Å²) in [6, 6.07) is 1.20. The first kappa shape index (κ1) is 15.1. The van der Waals surface area contributed by atoms with Crippen LogP contribution in [-0.4, -0.2) is 30.6 Å². The molecular weight excluding hydrogens is 344 g/mol. The number of allylic oxidation sites excluding steroid dienone is 1. The number of rotatable bonds is 3. The van der Waals surface area contributed by atoms with E-state index in [1.54, 1.807) is 20.9 Å². The van der Waals surface area contributed by atoms with Crippen molar-refractivity contribution in [1.29, 1.82) is 0 Å². The van der Waals surface area contributed by atoms with E-state index in [1.807, 2.05) is 11.4 Å². The molecule has 0 spiro atoms. The number of thiophene rings is 1. The monoisotopic (exact) mass is 358 g/mol. The van der Waals surface area contributed by atoms with Gasteiger partial charge in [0.2, 0.25) is 0 Å². The van der Waals surface area contributed by atoms with Crippen LogP contribution in [-0.2, 0) is 9.53 Å². The Morgan fingerprint density at radius 3 is 2.85 bits per heavy atom. The van der Waals surface area contributed by atoms with E-state index in [0.29, 0.717) is 17.9 Å². The summed E-state index contributed by atoms with van der Waals surface area (Å²) in [6.45, 7) is 3.81. The summed E-state index contributed by atoms with van der Waals surface area (Å²) < 4.78 is 6.03. The molecular formula is C13H15BrN2O3S. The number of carbonyl (C=O) groups is 2. The Bertz CT molecular complexity index is 582. The Labute approximate surface area is 129 Å². The fourth-order valence-corrected chi connectivity index (χ4v) is 3.50. The summed E-state index contributed by atoms with van der Waals surface area (Å²) in [5.41, 5.74) is 1.09. The van der Waals surface area contributed by atoms with Crippen molar-refractivity contribution in [3.05, 3.63) is 32.1 Å². The summed E-state index contributed by atoms with van der Waals surface area (Å²) in [7, 11) is 1.63. The first-order valence-electron chi connectivity index (χ1n) is 6.11. The average molecular weight is 359 g/mol. The highest BCUT2D eigenvalue weighted by molar-refractivity contribution is 9.10. The molecule has 1 aromatic heterocycles. The highest BCUT2D eigenvalue weighted by Gasteiger charge is 2.35. The molecule has 0 aromatic carbocycles. The van der Waals surface area contributed by atoms with Crippen LogP contribution in [0.5, 0.6) is 0 Å². The topological polar surface area (TPSA) is 58.6 Å². The van der Waals surface area contributed by atoms with Gasteiger partial charge in [0.25, 0.3) is 0 Å². The number of nitrogens with zero attached hydrogens (tertiary/aromatic N) is 1. The SMILES string of the molecule is CCOC(=O)C1=C(C)N(C)C(=O)N[C@H]1c1cc(Br)cs1. The molecule has 0 unspecified atom stereocenters. The van der Waals surface area contributed by atoms with Crippen LogP contribution in [0.3, 0.4) is 0 Å². The Balaban J connectivity index is 2.47. The van der Waals surface area contributed by atoms with Crippen molar-refractivity contribution in [2.75, 3.05) is 13.7 Å². The van der Waals surface area contributed by atoms with Gasteiger partial charge in [-0.1, -0.05) is 0 Å². The van der Waals surface area contributed by atoms with Crippen molar-refractivity contribution in [2.24, 2.45) is 0 Å². The maximum absolute atomic E-state index is 12.2. The van der Waals surface area contributed by atoms with Crippen LogP contribution in [0.4, 0.5) is 4.79 Å². The van der Waals surface area contributed by atoms with Gasteiger partial charge in [0.15, 0.2) is 0 Å². The Morgan fingerprint density at radius 2 is 2.30 bits per heavy atom. The molecule has 1 aliphatic rings. The number of halogens is 1. The summed E-state index contributed by atoms with van der Waals surface area (Å²) in [5, 5.41) is 4.75. The molecule has 5 nitrogen and oxygen atoms in total. The number of nitrogens with one attached hydrogen (secondary N) is 1. The summed E-state index contributed by atoms with van der Waals surface area (Å²) in [5.74, 6) is -0.397. The van der Waals surface area contributed by atoms with E-state index >= 15 is 0 Å². The van der Waals surface area contributed by atoms with Gasteiger partial charge in [-0.05, 0) is 35.8 Å². The molecule has 7 heteroatoms. The number of hydrogen-bond acceptors (Lipinski definition) is 4. The Hall–Kier alpha value is -1.34. The molecule has 0 radical (unpaired) electrons. The lowest BCUT2D eigenvalue weighted by atomic mass is 10.0. The van der Waals surface area contributed by atoms with Gasteiger partial charge < -0.3 is 15.0 Å². The van der Waals surface area contributed by atoms with Crippen molar-refractivity contribution in [2.45, 2.75) is 19.9 Å². The van der Waals surface area contributed by atoms with Gasteiger partial charge >= 0.3 is 12.0 Å². The minimum absolute atomic E-state index is 0.231. The zero-order chi connectivity index (χ0) is 14.9. The first-order valence-corrected chi connectivity index (χ1v) is 7.79. The van der Waals surface area contributed by atoms with Crippen molar-refractivity contribution < 1.29 is 14.3 Å². The number of hydrogen-bond donors (Lipinski definition) is 1. The van der Waals surface area contributed by atoms with Gasteiger partial charge in [-0.25, -0.2) is 9.59 Å². The number of urea groups is 1. The predicted octanol–water partition coefficient (Wildman–Crippen LogP) is 3.04. The molecule has 2 amide bonds. The highest BCUT2D eigenvalue weighted by Crippen LogP contribution is 2.35. The average Bonchev–Trinajstić information content (AvgIpc) is 2.82. The first-order chi connectivity index (χ1) is 9.45. The third kappa shape index (κ3) is 2.73. The van der Waals surface area contributed by atoms with Crippen LogP contribution in [0.1, 0.15) is 24.8 Å². The van der Waals surface area contributed by atoms with Crippen molar-refractivity contribution >= 4 is 39.3 Å². The summed E-state index contributed by atoms with van der Waals surface area (Å²) in [4.78, 5) is 26.4. The molecule has 0 bridgehead atoms. The van der Waals surface area contributed by atoms with Crippen molar-refractivity contribution in [3.8, 4) is 0 Å². The van der Waals surface area contributed by atoms with Crippen molar-refractivity contribution in [3.63, 3.8) is 0 Å². The molecule has 1 N–H and O–H groups in total. The van der Waals surface area contributed by atoms with Gasteiger partial charge in [-0.15, -0.1) is 11.3 Å². The molecule has 0 saturated carbocycles. The Morgan fingerprint density at radius 1 is 1.60 bits per heavy atom. The quantitative estimate of drug-likeness (QED) is 0.844. The van der Waals surface area contributed by atoms with E-state index in [0.717, 1.165) is 9.35 Å². The van der Waals surface area contributed by atoms with Crippen LogP contribution >= 0.6 is 27.3 Å². The molecule has 2 rings (SSSR count). The molecule has 2 heterocycles. The second-order valence-electron chi connectivity index (χ2n) is 4.33. The maximum atomic E-state index is 12.2. The maximum Gasteiger partial charge on any atom is 0.338 e. The zero-order valence-electron chi connectivity index (χ0n) is 11.4. The van der Waals surface area contributed by atoms with Crippen LogP contribution < -0.4 is 5.32 Å². The molecule has 1 aliphatic heterocycles. The fraction of sp³-hybridized carbons (Fsp3) is 0.385. The van der Waals surface area contributed by atoms with Gasteiger partial charge in [0, 0.05) is 27.5 Å². The van der Waals surface area contributed by atoms with E-state index in [1.165, 1.54) is 16.2 Å². The normalized spacial score (nSPS) is 19.1. The molecule has 1 aromatic rings. The van der Waals surface area contributed by atoms with E-state index < -0.39 is 12.0 Å². The van der Waals surface area contributed by atoms with Crippen LogP contribution in [0.2, 0.25) is 0 Å². The van der Waals surface area contributed by atoms with Crippen LogP contribution in [0.15, 0.2) is 27.2 Å². The molecule has 20 heavy (non-hydrogen) atoms. The molecule has 108 valence electrons. The van der Waals surface area contributed by atoms with Gasteiger partial charge in [0.05, 0.1) is 18.2 Å². The van der Waals surface area contributed by atoms with Gasteiger partial charge in [-0.2, -0.15) is 0 Å². The largest absolute Gasteiger partial charge is 0.463 e. The minimum atomic E-state index is -0.464. The highest BCUT2D eigenvalue weighted by atomic mass is 79.9. The summed E-state index contributed by atoms with van der Waals surface area (Å²) in [6.07, 6.45) is 0. The Kier molecular flexibility index (Phi) is 4.49. The van der Waals surface area contributed by atoms with Gasteiger partial charge in [-0.3, -0.25) is 0 Å². The molecule has 0 aliphatic carbocycles. The van der Waals surface area contributed by atoms with E-state index in [-0.39, 0.29) is 6.03 Å². The number of esters is 1. The standard InChI is InChI=1S/C13H15BrN2O3S/c1-4-19-12(17)10-7(2)16(3)13(18)15-11(10)9-5-8(14)6-20-9/h5-6,11H,4H2,1-3H3,(H,15,18)/t11-/m0/s1. The predicted molar refractivity (Wildman–Crippen MR) is 80.4 cm³/mol. The minimum Gasteiger partial charge on any atom is -0.463 e. The zero-order valence-corrected chi connectivity index (χ0v) is 13.8. The summed E-state index contributed by atoms with van der Waals surface area (Å²) >= 11 is 4.86. The van der Waals surface area contributed by atoms with Crippen molar-refractivity contribution in [1.82, 2.24) is 10.2 Å². The second kappa shape index (κ2) is 5.97. The van der Waals surface area contributed by atoms with Gasteiger partial charge in [0.1, 0.15) is 0 Å². The van der Waals surface area contributed by atoms with Crippen LogP contribution in [0, 0.1) is 0 Å². The number of amides is 2. The number of carbonyl (C=O) groups excluding carboxylic acids is 2. The third-order valence-corrected chi connectivity index (χ3v) is 4.88. The third-order valence-electron chi connectivity index (χ3n) is 3.12. The lowest BCUT2D eigenvalue weighted by Crippen LogP contribution is -2.46. The number of ether oxygens (including phenoxy) is 1. The second-order valence-corrected chi connectivity index (χ2v) is 6.19. The van der Waals surface area contributed by atoms with E-state index in [9.17, 15) is 9.59 Å². The van der Waals surface area contributed by atoms with E-state index in [2.05, 4.69) is 21.2 Å². The smallest absolute Gasteiger partial charge is 0.338 e.